The quantitative estimate of drug-likeness (QED) is 0.154. The molecule has 0 radical (unpaired) electrons. The van der Waals surface area contributed by atoms with E-state index in [-0.39, 0.29) is 23.1 Å². The molecular weight excluding hydrogens is 789 g/mol. The molecule has 14 rings (SSSR count). The second-order valence-corrected chi connectivity index (χ2v) is 22.2. The summed E-state index contributed by atoms with van der Waals surface area (Å²) in [5, 5.41) is 10.0. The van der Waals surface area contributed by atoms with Crippen LogP contribution in [0.3, 0.4) is 0 Å². The van der Waals surface area contributed by atoms with Gasteiger partial charge in [0.05, 0.1) is 16.6 Å². The minimum atomic E-state index is -0.163. The van der Waals surface area contributed by atoms with E-state index in [1.54, 1.807) is 0 Å². The van der Waals surface area contributed by atoms with Gasteiger partial charge in [-0.05, 0) is 105 Å². The van der Waals surface area contributed by atoms with Crippen LogP contribution in [0.4, 0.5) is 17.1 Å². The lowest BCUT2D eigenvalue weighted by Gasteiger charge is -2.42. The largest absolute Gasteiger partial charge is 0.455 e. The molecule has 8 aromatic carbocycles. The number of nitrogens with zero attached hydrogens (tertiary/aromatic N) is 3. The maximum Gasteiger partial charge on any atom is 0.333 e. The Bertz CT molecular complexity index is 4050. The summed E-state index contributed by atoms with van der Waals surface area (Å²) in [5.74, 6) is 0. The zero-order valence-corrected chi connectivity index (χ0v) is 38.6. The van der Waals surface area contributed by atoms with Gasteiger partial charge in [0.15, 0.2) is 0 Å². The highest BCUT2D eigenvalue weighted by atomic mass is 16.3. The molecule has 12 aromatic rings. The lowest BCUT2D eigenvalue weighted by atomic mass is 9.44. The van der Waals surface area contributed by atoms with Gasteiger partial charge in [-0.2, -0.15) is 0 Å². The maximum atomic E-state index is 7.23. The molecule has 2 aliphatic rings. The third-order valence-corrected chi connectivity index (χ3v) is 15.2. The van der Waals surface area contributed by atoms with E-state index in [1.165, 1.54) is 116 Å². The van der Waals surface area contributed by atoms with Gasteiger partial charge in [0.25, 0.3) is 0 Å². The van der Waals surface area contributed by atoms with Crippen molar-refractivity contribution >= 4 is 117 Å². The topological polar surface area (TPSA) is 25.7 Å². The van der Waals surface area contributed by atoms with Crippen molar-refractivity contribution in [3.05, 3.63) is 156 Å². The van der Waals surface area contributed by atoms with E-state index in [4.69, 9.17) is 4.42 Å². The Balaban J connectivity index is 1.28. The zero-order valence-electron chi connectivity index (χ0n) is 38.6. The van der Waals surface area contributed by atoms with Crippen LogP contribution >= 0.6 is 0 Å². The maximum absolute atomic E-state index is 7.23. The van der Waals surface area contributed by atoms with Crippen LogP contribution in [-0.2, 0) is 16.2 Å². The fourth-order valence-electron chi connectivity index (χ4n) is 12.0. The van der Waals surface area contributed by atoms with Gasteiger partial charge in [-0.15, -0.1) is 0 Å². The average Bonchev–Trinajstić information content (AvgIpc) is 4.02. The fraction of sp³-hybridized carbons (Fsp3) is 0.200. The Morgan fingerprint density at radius 2 is 0.969 bits per heavy atom. The SMILES string of the molecule is CC(C)(C)c1cc(N2c3cc4c(oc5ccccc54)c4c3B(c3c2cc2c5ccccc5n5c6ccccc6c3c25)n2c3ccccc3c3cc(C(C)(C)C)cc-4c32)cc(C(C)(C)C)c1. The lowest BCUT2D eigenvalue weighted by molar-refractivity contribution is 0.569. The number of aromatic nitrogens is 2. The first-order valence-electron chi connectivity index (χ1n) is 23.4. The fourth-order valence-corrected chi connectivity index (χ4v) is 12.0. The molecule has 2 aliphatic heterocycles. The molecular formula is C60H50BN3O. The van der Waals surface area contributed by atoms with Crippen LogP contribution in [0.15, 0.2) is 144 Å². The molecule has 6 heterocycles. The Kier molecular flexibility index (Phi) is 6.92. The molecule has 0 fully saturated rings. The first-order valence-corrected chi connectivity index (χ1v) is 23.4. The molecule has 4 aromatic heterocycles. The third kappa shape index (κ3) is 4.73. The Morgan fingerprint density at radius 1 is 0.446 bits per heavy atom. The van der Waals surface area contributed by atoms with Crippen LogP contribution < -0.4 is 15.8 Å². The van der Waals surface area contributed by atoms with Crippen molar-refractivity contribution in [2.24, 2.45) is 0 Å². The lowest BCUT2D eigenvalue weighted by Crippen LogP contribution is -2.57. The molecule has 0 unspecified atom stereocenters. The average molecular weight is 840 g/mol. The predicted molar refractivity (Wildman–Crippen MR) is 278 cm³/mol. The van der Waals surface area contributed by atoms with E-state index in [0.717, 1.165) is 21.9 Å². The van der Waals surface area contributed by atoms with E-state index in [9.17, 15) is 0 Å². The third-order valence-electron chi connectivity index (χ3n) is 15.2. The number of hydrogen-bond acceptors (Lipinski definition) is 2. The minimum absolute atomic E-state index is 0.0797. The molecule has 65 heavy (non-hydrogen) atoms. The zero-order chi connectivity index (χ0) is 44.2. The Morgan fingerprint density at radius 3 is 1.65 bits per heavy atom. The summed E-state index contributed by atoms with van der Waals surface area (Å²) >= 11 is 0. The summed E-state index contributed by atoms with van der Waals surface area (Å²) in [7, 11) is 0. The smallest absolute Gasteiger partial charge is 0.333 e. The van der Waals surface area contributed by atoms with E-state index < -0.39 is 0 Å². The number of hydrogen-bond donors (Lipinski definition) is 0. The van der Waals surface area contributed by atoms with Crippen molar-refractivity contribution in [1.82, 2.24) is 8.88 Å². The number of benzene rings is 8. The van der Waals surface area contributed by atoms with Gasteiger partial charge in [-0.3, -0.25) is 0 Å². The highest BCUT2D eigenvalue weighted by molar-refractivity contribution is 6.92. The van der Waals surface area contributed by atoms with Gasteiger partial charge in [-0.25, -0.2) is 0 Å². The minimum Gasteiger partial charge on any atom is -0.455 e. The molecule has 5 heteroatoms. The predicted octanol–water partition coefficient (Wildman–Crippen LogP) is 15.2. The van der Waals surface area contributed by atoms with Crippen molar-refractivity contribution in [2.45, 2.75) is 78.6 Å². The number of para-hydroxylation sites is 4. The summed E-state index contributed by atoms with van der Waals surface area (Å²) < 4.78 is 12.5. The van der Waals surface area contributed by atoms with E-state index in [2.05, 4.69) is 216 Å². The number of rotatable bonds is 1. The van der Waals surface area contributed by atoms with Gasteiger partial charge in [-0.1, -0.05) is 141 Å². The van der Waals surface area contributed by atoms with Gasteiger partial charge >= 0.3 is 6.85 Å². The molecule has 0 atom stereocenters. The molecule has 0 aliphatic carbocycles. The summed E-state index contributed by atoms with van der Waals surface area (Å²) in [6.07, 6.45) is 0. The summed E-state index contributed by atoms with van der Waals surface area (Å²) in [6.45, 7) is 21.0. The summed E-state index contributed by atoms with van der Waals surface area (Å²) in [5.41, 5.74) is 20.6. The molecule has 4 nitrogen and oxygen atoms in total. The molecule has 314 valence electrons. The van der Waals surface area contributed by atoms with Crippen LogP contribution in [-0.4, -0.2) is 15.7 Å². The van der Waals surface area contributed by atoms with Crippen molar-refractivity contribution < 1.29 is 4.42 Å². The first kappa shape index (κ1) is 37.4. The standard InChI is InChI=1S/C60H50BN3O/c1-58(2,3)33-26-34(59(4,5)6)28-36(27-33)62-48-31-42-37-18-10-14-22-45(37)63-46-23-15-12-21-40(46)51(56(42)63)53(48)61-54-49(62)32-43-39-20-13-17-25-50(39)65-57(43)52(54)44-30-35(60(7,8)9)29-41-38-19-11-16-24-47(38)64(61)55(41)44/h10-32H,1-9H3. The van der Waals surface area contributed by atoms with Gasteiger partial charge in [0, 0.05) is 82.3 Å². The van der Waals surface area contributed by atoms with Crippen molar-refractivity contribution in [1.29, 1.82) is 0 Å². The van der Waals surface area contributed by atoms with Gasteiger partial charge in [0.2, 0.25) is 0 Å². The van der Waals surface area contributed by atoms with Crippen LogP contribution in [0.5, 0.6) is 0 Å². The second kappa shape index (κ2) is 12.0. The molecule has 0 spiro atoms. The first-order chi connectivity index (χ1) is 31.2. The Labute approximate surface area is 379 Å². The molecule has 0 bridgehead atoms. The normalized spacial score (nSPS) is 14.2. The molecule has 0 N–H and O–H groups in total. The monoisotopic (exact) mass is 839 g/mol. The van der Waals surface area contributed by atoms with Crippen LogP contribution in [0, 0.1) is 0 Å². The molecule has 0 saturated heterocycles. The van der Waals surface area contributed by atoms with Crippen molar-refractivity contribution in [2.75, 3.05) is 4.90 Å². The highest BCUT2D eigenvalue weighted by Crippen LogP contribution is 2.53. The molecule has 0 saturated carbocycles. The van der Waals surface area contributed by atoms with Crippen LogP contribution in [0.2, 0.25) is 0 Å². The molecule has 0 amide bonds. The summed E-state index contributed by atoms with van der Waals surface area (Å²) in [4.78, 5) is 2.67. The number of furan rings is 1. The van der Waals surface area contributed by atoms with E-state index >= 15 is 0 Å². The van der Waals surface area contributed by atoms with Crippen molar-refractivity contribution in [3.63, 3.8) is 0 Å². The number of fused-ring (bicyclic) bond motifs is 18. The summed E-state index contributed by atoms with van der Waals surface area (Å²) in [6, 6.07) is 53.4. The van der Waals surface area contributed by atoms with Gasteiger partial charge < -0.3 is 18.2 Å². The van der Waals surface area contributed by atoms with Crippen LogP contribution in [0.1, 0.15) is 79.0 Å². The Hall–Kier alpha value is -6.98. The van der Waals surface area contributed by atoms with E-state index in [0.29, 0.717) is 0 Å². The van der Waals surface area contributed by atoms with Crippen LogP contribution in [0.25, 0.3) is 93.0 Å². The highest BCUT2D eigenvalue weighted by Gasteiger charge is 2.47. The number of anilines is 3. The van der Waals surface area contributed by atoms with Gasteiger partial charge in [0.1, 0.15) is 11.2 Å². The van der Waals surface area contributed by atoms with E-state index in [1.807, 2.05) is 0 Å². The van der Waals surface area contributed by atoms with Crippen molar-refractivity contribution in [3.8, 4) is 11.1 Å². The second-order valence-electron chi connectivity index (χ2n) is 22.2.